The molecule has 1 aromatic heterocycles. The van der Waals surface area contributed by atoms with Gasteiger partial charge in [0, 0.05) is 24.7 Å². The smallest absolute Gasteiger partial charge is 0.128 e. The molecule has 0 saturated carbocycles. The van der Waals surface area contributed by atoms with Gasteiger partial charge in [-0.05, 0) is 24.7 Å². The number of benzene rings is 1. The summed E-state index contributed by atoms with van der Waals surface area (Å²) >= 11 is 0. The summed E-state index contributed by atoms with van der Waals surface area (Å²) in [5.74, 6) is -0.826. The first-order valence-electron chi connectivity index (χ1n) is 6.34. The van der Waals surface area contributed by atoms with E-state index in [-0.39, 0.29) is 6.54 Å². The van der Waals surface area contributed by atoms with Gasteiger partial charge in [-0.15, -0.1) is 0 Å². The molecule has 102 valence electrons. The van der Waals surface area contributed by atoms with Crippen molar-refractivity contribution in [1.82, 2.24) is 14.9 Å². The lowest BCUT2D eigenvalue weighted by molar-refractivity contribution is 0.577. The van der Waals surface area contributed by atoms with Crippen molar-refractivity contribution < 1.29 is 8.78 Å². The molecule has 0 bridgehead atoms. The van der Waals surface area contributed by atoms with E-state index in [0.29, 0.717) is 5.56 Å². The zero-order valence-electron chi connectivity index (χ0n) is 10.9. The topological polar surface area (TPSA) is 29.9 Å². The van der Waals surface area contributed by atoms with Crippen LogP contribution in [0.3, 0.4) is 0 Å². The van der Waals surface area contributed by atoms with Crippen molar-refractivity contribution in [1.29, 1.82) is 0 Å². The highest BCUT2D eigenvalue weighted by molar-refractivity contribution is 5.19. The summed E-state index contributed by atoms with van der Waals surface area (Å²) < 4.78 is 28.3. The number of nitrogens with one attached hydrogen (secondary N) is 1. The first-order chi connectivity index (χ1) is 9.19. The molecule has 0 aliphatic heterocycles. The molecule has 0 saturated heterocycles. The van der Waals surface area contributed by atoms with E-state index >= 15 is 0 Å². The Labute approximate surface area is 111 Å². The Morgan fingerprint density at radius 2 is 2.16 bits per heavy atom. The molecule has 0 spiro atoms. The van der Waals surface area contributed by atoms with Gasteiger partial charge in [0.15, 0.2) is 0 Å². The van der Waals surface area contributed by atoms with E-state index in [9.17, 15) is 8.78 Å². The van der Waals surface area contributed by atoms with Crippen LogP contribution in [0.5, 0.6) is 0 Å². The van der Waals surface area contributed by atoms with Gasteiger partial charge in [-0.2, -0.15) is 0 Å². The predicted molar refractivity (Wildman–Crippen MR) is 69.9 cm³/mol. The maximum atomic E-state index is 13.5. The lowest BCUT2D eigenvalue weighted by Crippen LogP contribution is -2.16. The summed E-state index contributed by atoms with van der Waals surface area (Å²) in [6.45, 7) is 4.13. The Morgan fingerprint density at radius 3 is 2.95 bits per heavy atom. The van der Waals surface area contributed by atoms with E-state index in [0.717, 1.165) is 37.3 Å². The van der Waals surface area contributed by atoms with Crippen molar-refractivity contribution in [2.75, 3.05) is 13.1 Å². The Bertz CT molecular complexity index is 537. The molecule has 1 aromatic carbocycles. The molecule has 3 nitrogen and oxygen atoms in total. The molecule has 5 heteroatoms. The zero-order valence-corrected chi connectivity index (χ0v) is 10.9. The molecule has 0 amide bonds. The molecule has 0 aliphatic carbocycles. The van der Waals surface area contributed by atoms with Crippen LogP contribution >= 0.6 is 0 Å². The third-order valence-electron chi connectivity index (χ3n) is 2.86. The molecule has 2 rings (SSSR count). The number of aromatic nitrogens is 2. The van der Waals surface area contributed by atoms with Crippen LogP contribution in [0.25, 0.3) is 0 Å². The van der Waals surface area contributed by atoms with E-state index in [4.69, 9.17) is 0 Å². The molecule has 0 atom stereocenters. The standard InChI is InChI=1S/C14H17F2N3/c1-2-17-6-5-13-9-19(10-18-13)8-11-7-12(15)3-4-14(11)16/h3-4,7,9-10,17H,2,5-6,8H2,1H3. The summed E-state index contributed by atoms with van der Waals surface area (Å²) in [4.78, 5) is 4.24. The minimum atomic E-state index is -0.427. The highest BCUT2D eigenvalue weighted by Gasteiger charge is 2.05. The van der Waals surface area contributed by atoms with Gasteiger partial charge < -0.3 is 9.88 Å². The minimum Gasteiger partial charge on any atom is -0.333 e. The van der Waals surface area contributed by atoms with Crippen LogP contribution in [-0.4, -0.2) is 22.6 Å². The maximum absolute atomic E-state index is 13.5. The molecule has 1 heterocycles. The quantitative estimate of drug-likeness (QED) is 0.813. The van der Waals surface area contributed by atoms with Gasteiger partial charge in [-0.1, -0.05) is 6.92 Å². The van der Waals surface area contributed by atoms with Crippen molar-refractivity contribution in [3.05, 3.63) is 53.6 Å². The number of imidazole rings is 1. The molecule has 0 radical (unpaired) electrons. The fraction of sp³-hybridized carbons (Fsp3) is 0.357. The van der Waals surface area contributed by atoms with Crippen molar-refractivity contribution in [3.63, 3.8) is 0 Å². The van der Waals surface area contributed by atoms with Gasteiger partial charge in [0.05, 0.1) is 18.6 Å². The van der Waals surface area contributed by atoms with E-state index in [2.05, 4.69) is 10.3 Å². The monoisotopic (exact) mass is 265 g/mol. The van der Waals surface area contributed by atoms with Crippen LogP contribution < -0.4 is 5.32 Å². The van der Waals surface area contributed by atoms with Gasteiger partial charge >= 0.3 is 0 Å². The Kier molecular flexibility index (Phi) is 4.63. The predicted octanol–water partition coefficient (Wildman–Crippen LogP) is 2.36. The summed E-state index contributed by atoms with van der Waals surface area (Å²) in [6, 6.07) is 3.48. The van der Waals surface area contributed by atoms with E-state index in [1.807, 2.05) is 13.1 Å². The summed E-state index contributed by atoms with van der Waals surface area (Å²) in [5.41, 5.74) is 1.27. The average Bonchev–Trinajstić information content (AvgIpc) is 2.82. The lowest BCUT2D eigenvalue weighted by Gasteiger charge is -2.04. The fourth-order valence-electron chi connectivity index (χ4n) is 1.88. The summed E-state index contributed by atoms with van der Waals surface area (Å²) in [6.07, 6.45) is 4.33. The van der Waals surface area contributed by atoms with Crippen molar-refractivity contribution in [2.24, 2.45) is 0 Å². The fourth-order valence-corrected chi connectivity index (χ4v) is 1.88. The van der Waals surface area contributed by atoms with Crippen LogP contribution in [0.15, 0.2) is 30.7 Å². The van der Waals surface area contributed by atoms with Gasteiger partial charge in [-0.25, -0.2) is 13.8 Å². The molecular formula is C14H17F2N3. The maximum Gasteiger partial charge on any atom is 0.128 e. The summed E-state index contributed by atoms with van der Waals surface area (Å²) in [7, 11) is 0. The number of halogens is 2. The number of nitrogens with zero attached hydrogens (tertiary/aromatic N) is 2. The van der Waals surface area contributed by atoms with Crippen LogP contribution in [0, 0.1) is 11.6 Å². The number of rotatable bonds is 6. The van der Waals surface area contributed by atoms with Crippen LogP contribution in [0.2, 0.25) is 0 Å². The van der Waals surface area contributed by atoms with Crippen LogP contribution in [-0.2, 0) is 13.0 Å². The second kappa shape index (κ2) is 6.43. The highest BCUT2D eigenvalue weighted by Crippen LogP contribution is 2.11. The van der Waals surface area contributed by atoms with E-state index in [1.165, 1.54) is 6.07 Å². The second-order valence-corrected chi connectivity index (χ2v) is 4.38. The third-order valence-corrected chi connectivity index (χ3v) is 2.86. The average molecular weight is 265 g/mol. The molecule has 19 heavy (non-hydrogen) atoms. The number of likely N-dealkylation sites (N-methyl/N-ethyl adjacent to an activating group) is 1. The molecule has 1 N–H and O–H groups in total. The molecule has 0 fully saturated rings. The molecule has 0 aliphatic rings. The van der Waals surface area contributed by atoms with Gasteiger partial charge in [0.1, 0.15) is 11.6 Å². The van der Waals surface area contributed by atoms with Crippen molar-refractivity contribution >= 4 is 0 Å². The van der Waals surface area contributed by atoms with Crippen LogP contribution in [0.4, 0.5) is 8.78 Å². The number of hydrogen-bond acceptors (Lipinski definition) is 2. The normalized spacial score (nSPS) is 10.9. The first-order valence-corrected chi connectivity index (χ1v) is 6.34. The molecular weight excluding hydrogens is 248 g/mol. The van der Waals surface area contributed by atoms with E-state index < -0.39 is 11.6 Å². The van der Waals surface area contributed by atoms with Crippen LogP contribution in [0.1, 0.15) is 18.2 Å². The Hall–Kier alpha value is -1.75. The summed E-state index contributed by atoms with van der Waals surface area (Å²) in [5, 5.41) is 3.21. The van der Waals surface area contributed by atoms with Crippen molar-refractivity contribution in [2.45, 2.75) is 19.9 Å². The van der Waals surface area contributed by atoms with Crippen molar-refractivity contribution in [3.8, 4) is 0 Å². The molecule has 2 aromatic rings. The Morgan fingerprint density at radius 1 is 1.32 bits per heavy atom. The van der Waals surface area contributed by atoms with E-state index in [1.54, 1.807) is 10.9 Å². The minimum absolute atomic E-state index is 0.289. The molecule has 0 unspecified atom stereocenters. The lowest BCUT2D eigenvalue weighted by atomic mass is 10.2. The van der Waals surface area contributed by atoms with Gasteiger partial charge in [-0.3, -0.25) is 0 Å². The number of hydrogen-bond donors (Lipinski definition) is 1. The SMILES string of the molecule is CCNCCc1cn(Cc2cc(F)ccc2F)cn1. The second-order valence-electron chi connectivity index (χ2n) is 4.38. The first kappa shape index (κ1) is 13.7. The largest absolute Gasteiger partial charge is 0.333 e. The van der Waals surface area contributed by atoms with Gasteiger partial charge in [0.2, 0.25) is 0 Å². The highest BCUT2D eigenvalue weighted by atomic mass is 19.1. The Balaban J connectivity index is 2.01. The van der Waals surface area contributed by atoms with Gasteiger partial charge in [0.25, 0.3) is 0 Å². The zero-order chi connectivity index (χ0) is 13.7. The third kappa shape index (κ3) is 3.86.